The number of carbonyl (C=O) groups is 2. The van der Waals surface area contributed by atoms with Crippen molar-refractivity contribution in [2.45, 2.75) is 33.2 Å². The van der Waals surface area contributed by atoms with Crippen LogP contribution < -0.4 is 16.0 Å². The Labute approximate surface area is 120 Å². The minimum atomic E-state index is -0.101. The fraction of sp³-hybridized carbons (Fsp3) is 0.467. The van der Waals surface area contributed by atoms with Crippen molar-refractivity contribution in [2.75, 3.05) is 18.9 Å². The van der Waals surface area contributed by atoms with E-state index in [-0.39, 0.29) is 17.9 Å². The summed E-state index contributed by atoms with van der Waals surface area (Å²) < 4.78 is 0. The maximum atomic E-state index is 11.9. The zero-order chi connectivity index (χ0) is 15.1. The second-order valence-electron chi connectivity index (χ2n) is 5.06. The summed E-state index contributed by atoms with van der Waals surface area (Å²) in [6.45, 7) is 6.35. The molecule has 3 N–H and O–H groups in total. The van der Waals surface area contributed by atoms with E-state index in [2.05, 4.69) is 16.0 Å². The second kappa shape index (κ2) is 7.65. The minimum absolute atomic E-state index is 0.0400. The molecule has 0 aliphatic heterocycles. The van der Waals surface area contributed by atoms with Crippen LogP contribution in [0.1, 0.15) is 36.2 Å². The molecule has 0 aliphatic rings. The first kappa shape index (κ1) is 16.2. The lowest BCUT2D eigenvalue weighted by atomic mass is 10.1. The largest absolute Gasteiger partial charge is 0.350 e. The SMILES string of the molecule is CNCCC(=O)Nc1ccc(C(=O)NC(C)C)cc1C. The van der Waals surface area contributed by atoms with E-state index in [1.54, 1.807) is 25.2 Å². The fourth-order valence-electron chi connectivity index (χ4n) is 1.74. The van der Waals surface area contributed by atoms with Crippen LogP contribution in [0, 0.1) is 6.92 Å². The lowest BCUT2D eigenvalue weighted by molar-refractivity contribution is -0.116. The molecule has 0 fully saturated rings. The number of hydrogen-bond donors (Lipinski definition) is 3. The Balaban J connectivity index is 2.73. The van der Waals surface area contributed by atoms with Gasteiger partial charge in [0.2, 0.25) is 5.91 Å². The maximum Gasteiger partial charge on any atom is 0.251 e. The summed E-state index contributed by atoms with van der Waals surface area (Å²) in [5.74, 6) is -0.141. The van der Waals surface area contributed by atoms with Gasteiger partial charge in [-0.2, -0.15) is 0 Å². The molecule has 2 amide bonds. The summed E-state index contributed by atoms with van der Waals surface area (Å²) in [7, 11) is 1.81. The van der Waals surface area contributed by atoms with Gasteiger partial charge in [-0.15, -0.1) is 0 Å². The summed E-state index contributed by atoms with van der Waals surface area (Å²) in [5.41, 5.74) is 2.22. The molecule has 0 bridgehead atoms. The lowest BCUT2D eigenvalue weighted by Gasteiger charge is -2.12. The van der Waals surface area contributed by atoms with Crippen LogP contribution in [-0.4, -0.2) is 31.4 Å². The average molecular weight is 277 g/mol. The average Bonchev–Trinajstić information content (AvgIpc) is 2.37. The zero-order valence-corrected chi connectivity index (χ0v) is 12.5. The normalized spacial score (nSPS) is 10.4. The molecular weight excluding hydrogens is 254 g/mol. The van der Waals surface area contributed by atoms with Gasteiger partial charge < -0.3 is 16.0 Å². The van der Waals surface area contributed by atoms with Gasteiger partial charge in [0.25, 0.3) is 5.91 Å². The Morgan fingerprint density at radius 1 is 1.25 bits per heavy atom. The topological polar surface area (TPSA) is 70.2 Å². The first-order valence-corrected chi connectivity index (χ1v) is 6.80. The molecule has 0 atom stereocenters. The van der Waals surface area contributed by atoms with E-state index in [0.29, 0.717) is 18.5 Å². The molecule has 110 valence electrons. The van der Waals surface area contributed by atoms with Crippen molar-refractivity contribution < 1.29 is 9.59 Å². The fourth-order valence-corrected chi connectivity index (χ4v) is 1.74. The molecule has 0 saturated carbocycles. The van der Waals surface area contributed by atoms with Crippen LogP contribution in [0.25, 0.3) is 0 Å². The van der Waals surface area contributed by atoms with E-state index in [4.69, 9.17) is 0 Å². The molecular formula is C15H23N3O2. The van der Waals surface area contributed by atoms with Gasteiger partial charge in [-0.25, -0.2) is 0 Å². The van der Waals surface area contributed by atoms with Crippen LogP contribution in [0.4, 0.5) is 5.69 Å². The predicted octanol–water partition coefficient (Wildman–Crippen LogP) is 1.68. The molecule has 0 unspecified atom stereocenters. The number of amides is 2. The molecule has 0 aromatic heterocycles. The van der Waals surface area contributed by atoms with Gasteiger partial charge in [0.05, 0.1) is 0 Å². The quantitative estimate of drug-likeness (QED) is 0.741. The van der Waals surface area contributed by atoms with E-state index in [0.717, 1.165) is 11.3 Å². The van der Waals surface area contributed by atoms with Gasteiger partial charge >= 0.3 is 0 Å². The summed E-state index contributed by atoms with van der Waals surface area (Å²) in [6, 6.07) is 5.37. The smallest absolute Gasteiger partial charge is 0.251 e. The highest BCUT2D eigenvalue weighted by atomic mass is 16.2. The van der Waals surface area contributed by atoms with Crippen molar-refractivity contribution in [1.29, 1.82) is 0 Å². The number of aryl methyl sites for hydroxylation is 1. The number of carbonyl (C=O) groups excluding carboxylic acids is 2. The number of benzene rings is 1. The third-order valence-corrected chi connectivity index (χ3v) is 2.78. The molecule has 0 radical (unpaired) electrons. The molecule has 1 aromatic rings. The maximum absolute atomic E-state index is 11.9. The Morgan fingerprint density at radius 3 is 2.50 bits per heavy atom. The van der Waals surface area contributed by atoms with Gasteiger partial charge in [0.1, 0.15) is 0 Å². The van der Waals surface area contributed by atoms with Crippen molar-refractivity contribution in [2.24, 2.45) is 0 Å². The Bertz CT molecular complexity index is 484. The molecule has 5 heteroatoms. The number of anilines is 1. The molecule has 20 heavy (non-hydrogen) atoms. The Kier molecular flexibility index (Phi) is 6.18. The third-order valence-electron chi connectivity index (χ3n) is 2.78. The van der Waals surface area contributed by atoms with E-state index in [1.165, 1.54) is 0 Å². The number of nitrogens with one attached hydrogen (secondary N) is 3. The molecule has 5 nitrogen and oxygen atoms in total. The highest BCUT2D eigenvalue weighted by Crippen LogP contribution is 2.17. The first-order valence-electron chi connectivity index (χ1n) is 6.80. The Morgan fingerprint density at radius 2 is 1.95 bits per heavy atom. The summed E-state index contributed by atoms with van der Waals surface area (Å²) in [6.07, 6.45) is 0.422. The van der Waals surface area contributed by atoms with Crippen molar-refractivity contribution >= 4 is 17.5 Å². The number of hydrogen-bond acceptors (Lipinski definition) is 3. The summed E-state index contributed by atoms with van der Waals surface area (Å²) >= 11 is 0. The van der Waals surface area contributed by atoms with Gasteiger partial charge in [-0.3, -0.25) is 9.59 Å². The minimum Gasteiger partial charge on any atom is -0.350 e. The van der Waals surface area contributed by atoms with Crippen molar-refractivity contribution in [3.63, 3.8) is 0 Å². The predicted molar refractivity (Wildman–Crippen MR) is 81.0 cm³/mol. The molecule has 0 saturated heterocycles. The van der Waals surface area contributed by atoms with Gasteiger partial charge in [-0.1, -0.05) is 0 Å². The highest BCUT2D eigenvalue weighted by molar-refractivity contribution is 5.96. The first-order chi connectivity index (χ1) is 9.43. The highest BCUT2D eigenvalue weighted by Gasteiger charge is 2.10. The third kappa shape index (κ3) is 5.01. The van der Waals surface area contributed by atoms with Gasteiger partial charge in [-0.05, 0) is 51.6 Å². The lowest BCUT2D eigenvalue weighted by Crippen LogP contribution is -2.30. The molecule has 1 aromatic carbocycles. The van der Waals surface area contributed by atoms with E-state index >= 15 is 0 Å². The van der Waals surface area contributed by atoms with Crippen LogP contribution in [0.15, 0.2) is 18.2 Å². The Hall–Kier alpha value is -1.88. The summed E-state index contributed by atoms with van der Waals surface area (Å²) in [4.78, 5) is 23.5. The number of rotatable bonds is 6. The van der Waals surface area contributed by atoms with Crippen LogP contribution in [-0.2, 0) is 4.79 Å². The van der Waals surface area contributed by atoms with Crippen LogP contribution in [0.2, 0.25) is 0 Å². The molecule has 0 aliphatic carbocycles. The van der Waals surface area contributed by atoms with Crippen LogP contribution in [0.5, 0.6) is 0 Å². The monoisotopic (exact) mass is 277 g/mol. The molecule has 1 rings (SSSR count). The van der Waals surface area contributed by atoms with Crippen LogP contribution in [0.3, 0.4) is 0 Å². The van der Waals surface area contributed by atoms with Crippen molar-refractivity contribution in [1.82, 2.24) is 10.6 Å². The van der Waals surface area contributed by atoms with Gasteiger partial charge in [0, 0.05) is 30.3 Å². The zero-order valence-electron chi connectivity index (χ0n) is 12.5. The molecule has 0 heterocycles. The second-order valence-corrected chi connectivity index (χ2v) is 5.06. The van der Waals surface area contributed by atoms with Gasteiger partial charge in [0.15, 0.2) is 0 Å². The van der Waals surface area contributed by atoms with E-state index < -0.39 is 0 Å². The standard InChI is InChI=1S/C15H23N3O2/c1-10(2)17-15(20)12-5-6-13(11(3)9-12)18-14(19)7-8-16-4/h5-6,9-10,16H,7-8H2,1-4H3,(H,17,20)(H,18,19). The molecule has 0 spiro atoms. The van der Waals surface area contributed by atoms with E-state index in [9.17, 15) is 9.59 Å². The van der Waals surface area contributed by atoms with Crippen LogP contribution >= 0.6 is 0 Å². The van der Waals surface area contributed by atoms with Crippen molar-refractivity contribution in [3.8, 4) is 0 Å². The van der Waals surface area contributed by atoms with Crippen molar-refractivity contribution in [3.05, 3.63) is 29.3 Å². The summed E-state index contributed by atoms with van der Waals surface area (Å²) in [5, 5.41) is 8.61. The van der Waals surface area contributed by atoms with E-state index in [1.807, 2.05) is 20.8 Å².